The molecule has 0 aliphatic carbocycles. The maximum absolute atomic E-state index is 13.0. The number of ketones is 1. The normalized spacial score (nSPS) is 18.0. The zero-order chi connectivity index (χ0) is 20.5. The number of hydrogen-bond acceptors (Lipinski definition) is 6. The first-order valence-corrected chi connectivity index (χ1v) is 8.88. The molecule has 7 heteroatoms. The summed E-state index contributed by atoms with van der Waals surface area (Å²) in [7, 11) is 4.38. The van der Waals surface area contributed by atoms with E-state index in [-0.39, 0.29) is 5.56 Å². The van der Waals surface area contributed by atoms with E-state index in [0.717, 1.165) is 0 Å². The summed E-state index contributed by atoms with van der Waals surface area (Å²) < 4.78 is 15.8. The molecule has 1 aliphatic rings. The number of benzene rings is 2. The topological polar surface area (TPSA) is 85.3 Å². The van der Waals surface area contributed by atoms with Crippen LogP contribution in [-0.4, -0.2) is 44.7 Å². The molecule has 0 radical (unpaired) electrons. The monoisotopic (exact) mass is 385 g/mol. The summed E-state index contributed by atoms with van der Waals surface area (Å²) in [6, 6.07) is 9.98. The van der Waals surface area contributed by atoms with Gasteiger partial charge in [-0.1, -0.05) is 18.2 Å². The second-order valence-corrected chi connectivity index (χ2v) is 6.44. The molecule has 0 fully saturated rings. The minimum atomic E-state index is -1.91. The van der Waals surface area contributed by atoms with E-state index < -0.39 is 23.7 Å². The van der Waals surface area contributed by atoms with E-state index in [2.05, 4.69) is 0 Å². The highest BCUT2D eigenvalue weighted by atomic mass is 16.5. The predicted octanol–water partition coefficient (Wildman–Crippen LogP) is 2.54. The smallest absolute Gasteiger partial charge is 0.264 e. The lowest BCUT2D eigenvalue weighted by Crippen LogP contribution is -2.41. The van der Waals surface area contributed by atoms with Crippen LogP contribution >= 0.6 is 0 Å². The molecular weight excluding hydrogens is 362 g/mol. The average Bonchev–Trinajstić information content (AvgIpc) is 2.93. The second kappa shape index (κ2) is 7.52. The highest BCUT2D eigenvalue weighted by Crippen LogP contribution is 2.44. The number of hydrogen-bond donors (Lipinski definition) is 1. The highest BCUT2D eigenvalue weighted by Gasteiger charge is 2.50. The maximum atomic E-state index is 13.0. The molecule has 1 heterocycles. The van der Waals surface area contributed by atoms with Crippen molar-refractivity contribution in [2.75, 3.05) is 32.8 Å². The Hall–Kier alpha value is -3.06. The Bertz CT molecular complexity index is 900. The van der Waals surface area contributed by atoms with E-state index in [1.807, 2.05) is 6.92 Å². The molecule has 0 saturated heterocycles. The number of para-hydroxylation sites is 1. The highest BCUT2D eigenvalue weighted by molar-refractivity contribution is 6.10. The molecule has 0 saturated carbocycles. The number of aliphatic hydroxyl groups is 1. The van der Waals surface area contributed by atoms with E-state index in [1.165, 1.54) is 38.4 Å². The fourth-order valence-corrected chi connectivity index (χ4v) is 3.57. The molecule has 1 aliphatic heterocycles. The largest absolute Gasteiger partial charge is 0.493 e. The molecule has 28 heavy (non-hydrogen) atoms. The molecule has 7 nitrogen and oxygen atoms in total. The first-order valence-electron chi connectivity index (χ1n) is 8.88. The van der Waals surface area contributed by atoms with Crippen molar-refractivity contribution in [3.8, 4) is 17.2 Å². The summed E-state index contributed by atoms with van der Waals surface area (Å²) in [4.78, 5) is 27.4. The van der Waals surface area contributed by atoms with Crippen LogP contribution in [-0.2, 0) is 10.4 Å². The van der Waals surface area contributed by atoms with Crippen molar-refractivity contribution in [2.45, 2.75) is 18.9 Å². The van der Waals surface area contributed by atoms with Gasteiger partial charge in [0.2, 0.25) is 5.75 Å². The van der Waals surface area contributed by atoms with Gasteiger partial charge in [-0.2, -0.15) is 0 Å². The van der Waals surface area contributed by atoms with Gasteiger partial charge in [-0.15, -0.1) is 0 Å². The van der Waals surface area contributed by atoms with E-state index in [4.69, 9.17) is 14.2 Å². The minimum absolute atomic E-state index is 0.253. The van der Waals surface area contributed by atoms with Crippen LogP contribution in [0.15, 0.2) is 36.4 Å². The maximum Gasteiger partial charge on any atom is 0.264 e. The van der Waals surface area contributed by atoms with E-state index in [0.29, 0.717) is 35.0 Å². The van der Waals surface area contributed by atoms with Gasteiger partial charge in [-0.05, 0) is 25.1 Å². The van der Waals surface area contributed by atoms with Crippen molar-refractivity contribution in [1.29, 1.82) is 0 Å². The lowest BCUT2D eigenvalue weighted by Gasteiger charge is -2.22. The van der Waals surface area contributed by atoms with E-state index >= 15 is 0 Å². The zero-order valence-electron chi connectivity index (χ0n) is 16.3. The van der Waals surface area contributed by atoms with Crippen LogP contribution in [0.2, 0.25) is 0 Å². The quantitative estimate of drug-likeness (QED) is 0.738. The Morgan fingerprint density at radius 3 is 2.21 bits per heavy atom. The van der Waals surface area contributed by atoms with Crippen LogP contribution in [0, 0.1) is 0 Å². The summed E-state index contributed by atoms with van der Waals surface area (Å²) in [6.45, 7) is 2.22. The molecule has 2 aromatic rings. The number of amides is 1. The third-order valence-electron chi connectivity index (χ3n) is 4.96. The van der Waals surface area contributed by atoms with Crippen LogP contribution in [0.3, 0.4) is 0 Å². The van der Waals surface area contributed by atoms with Crippen molar-refractivity contribution in [2.24, 2.45) is 0 Å². The van der Waals surface area contributed by atoms with Crippen molar-refractivity contribution in [3.63, 3.8) is 0 Å². The Labute approximate surface area is 163 Å². The Morgan fingerprint density at radius 1 is 1.07 bits per heavy atom. The Balaban J connectivity index is 2.00. The number of ether oxygens (including phenoxy) is 3. The summed E-state index contributed by atoms with van der Waals surface area (Å²) in [6.07, 6.45) is -0.391. The average molecular weight is 385 g/mol. The number of nitrogens with zero attached hydrogens (tertiary/aromatic N) is 1. The number of Topliss-reactive ketones (excluding diaryl/α,β-unsaturated/α-hetero) is 1. The van der Waals surface area contributed by atoms with Gasteiger partial charge in [0.05, 0.1) is 33.4 Å². The van der Waals surface area contributed by atoms with Gasteiger partial charge in [0.25, 0.3) is 5.91 Å². The van der Waals surface area contributed by atoms with Crippen molar-refractivity contribution >= 4 is 17.4 Å². The Morgan fingerprint density at radius 2 is 1.68 bits per heavy atom. The van der Waals surface area contributed by atoms with Gasteiger partial charge in [-0.3, -0.25) is 9.59 Å². The number of rotatable bonds is 7. The number of carbonyl (C=O) groups is 2. The van der Waals surface area contributed by atoms with Gasteiger partial charge < -0.3 is 24.2 Å². The minimum Gasteiger partial charge on any atom is -0.493 e. The molecule has 0 bridgehead atoms. The molecule has 1 N–H and O–H groups in total. The first-order chi connectivity index (χ1) is 13.4. The van der Waals surface area contributed by atoms with E-state index in [1.54, 1.807) is 24.3 Å². The zero-order valence-corrected chi connectivity index (χ0v) is 16.3. The Kier molecular flexibility index (Phi) is 5.29. The van der Waals surface area contributed by atoms with Crippen LogP contribution in [0.4, 0.5) is 5.69 Å². The third kappa shape index (κ3) is 2.97. The van der Waals surface area contributed by atoms with Crippen molar-refractivity contribution < 1.29 is 28.9 Å². The lowest BCUT2D eigenvalue weighted by atomic mass is 9.88. The molecule has 2 aromatic carbocycles. The number of fused-ring (bicyclic) bond motifs is 1. The predicted molar refractivity (Wildman–Crippen MR) is 103 cm³/mol. The second-order valence-electron chi connectivity index (χ2n) is 6.44. The first kappa shape index (κ1) is 19.7. The fourth-order valence-electron chi connectivity index (χ4n) is 3.57. The number of carbonyl (C=O) groups excluding carboxylic acids is 2. The van der Waals surface area contributed by atoms with Crippen LogP contribution < -0.4 is 19.1 Å². The van der Waals surface area contributed by atoms with Crippen molar-refractivity contribution in [3.05, 3.63) is 47.5 Å². The van der Waals surface area contributed by atoms with Gasteiger partial charge in [0, 0.05) is 17.7 Å². The van der Waals surface area contributed by atoms with Crippen LogP contribution in [0.25, 0.3) is 0 Å². The third-order valence-corrected chi connectivity index (χ3v) is 4.96. The molecule has 148 valence electrons. The van der Waals surface area contributed by atoms with Gasteiger partial charge >= 0.3 is 0 Å². The molecule has 0 aromatic heterocycles. The van der Waals surface area contributed by atoms with Gasteiger partial charge in [-0.25, -0.2) is 0 Å². The SMILES string of the molecule is CCN1C(=O)[C@@](O)(CC(=O)c2cc(OC)c(OC)c(OC)c2)c2ccccc21. The summed E-state index contributed by atoms with van der Waals surface area (Å²) in [5.74, 6) is 0.0932. The molecule has 1 amide bonds. The standard InChI is InChI=1S/C21H23NO6/c1-5-22-15-9-7-6-8-14(15)21(25,20(22)24)12-16(23)13-10-17(26-2)19(28-4)18(11-13)27-3/h6-11,25H,5,12H2,1-4H3/t21-/m1/s1. The summed E-state index contributed by atoms with van der Waals surface area (Å²) >= 11 is 0. The van der Waals surface area contributed by atoms with E-state index in [9.17, 15) is 14.7 Å². The molecule has 1 atom stereocenters. The molecular formula is C21H23NO6. The fraction of sp³-hybridized carbons (Fsp3) is 0.333. The van der Waals surface area contributed by atoms with Gasteiger partial charge in [0.15, 0.2) is 22.9 Å². The molecule has 0 unspecified atom stereocenters. The summed E-state index contributed by atoms with van der Waals surface area (Å²) in [5, 5.41) is 11.2. The summed E-state index contributed by atoms with van der Waals surface area (Å²) in [5.41, 5.74) is -0.606. The molecule has 0 spiro atoms. The number of methoxy groups -OCH3 is 3. The van der Waals surface area contributed by atoms with Gasteiger partial charge in [0.1, 0.15) is 0 Å². The van der Waals surface area contributed by atoms with Crippen LogP contribution in [0.1, 0.15) is 29.3 Å². The number of likely N-dealkylation sites (N-methyl/N-ethyl adjacent to an activating group) is 1. The molecule has 3 rings (SSSR count). The number of anilines is 1. The lowest BCUT2D eigenvalue weighted by molar-refractivity contribution is -0.135. The van der Waals surface area contributed by atoms with Crippen LogP contribution in [0.5, 0.6) is 17.2 Å². The van der Waals surface area contributed by atoms with Crippen molar-refractivity contribution in [1.82, 2.24) is 0 Å².